The molecule has 122 valence electrons. The highest BCUT2D eigenvalue weighted by atomic mass is 79.9. The fraction of sp³-hybridized carbons (Fsp3) is 0.143. The van der Waals surface area contributed by atoms with Crippen LogP contribution in [-0.4, -0.2) is 26.4 Å². The van der Waals surface area contributed by atoms with Gasteiger partial charge in [-0.1, -0.05) is 11.6 Å². The van der Waals surface area contributed by atoms with Crippen molar-refractivity contribution in [1.29, 1.82) is 0 Å². The minimum Gasteiger partial charge on any atom is -0.316 e. The lowest BCUT2D eigenvalue weighted by atomic mass is 10.2. The molecule has 23 heavy (non-hydrogen) atoms. The van der Waals surface area contributed by atoms with Gasteiger partial charge in [0, 0.05) is 31.5 Å². The topological polar surface area (TPSA) is 79.4 Å². The maximum Gasteiger partial charge on any atom is 0.263 e. The minimum absolute atomic E-state index is 0.0151. The molecule has 0 saturated carbocycles. The number of benzene rings is 1. The van der Waals surface area contributed by atoms with Crippen molar-refractivity contribution >= 4 is 54.8 Å². The van der Waals surface area contributed by atoms with Crippen LogP contribution in [0.1, 0.15) is 6.92 Å². The molecule has 1 N–H and O–H groups in total. The second-order valence-corrected chi connectivity index (χ2v) is 7.57. The Morgan fingerprint density at radius 2 is 1.91 bits per heavy atom. The van der Waals surface area contributed by atoms with Crippen molar-refractivity contribution in [1.82, 2.24) is 4.98 Å². The Balaban J connectivity index is 2.23. The van der Waals surface area contributed by atoms with E-state index in [9.17, 15) is 13.2 Å². The smallest absolute Gasteiger partial charge is 0.263 e. The molecule has 0 saturated heterocycles. The van der Waals surface area contributed by atoms with Crippen LogP contribution in [0, 0.1) is 0 Å². The summed E-state index contributed by atoms with van der Waals surface area (Å²) in [5.41, 5.74) is 1.04. The summed E-state index contributed by atoms with van der Waals surface area (Å²) in [4.78, 5) is 16.5. The highest BCUT2D eigenvalue weighted by Crippen LogP contribution is 2.25. The Labute approximate surface area is 147 Å². The highest BCUT2D eigenvalue weighted by molar-refractivity contribution is 9.10. The molecular weight excluding hydrogens is 406 g/mol. The lowest BCUT2D eigenvalue weighted by Crippen LogP contribution is -2.22. The molecule has 6 nitrogen and oxygen atoms in total. The first-order valence-electron chi connectivity index (χ1n) is 6.39. The molecule has 1 aromatic heterocycles. The van der Waals surface area contributed by atoms with Crippen molar-refractivity contribution in [3.05, 3.63) is 46.2 Å². The van der Waals surface area contributed by atoms with E-state index in [0.29, 0.717) is 15.8 Å². The molecule has 0 aliphatic heterocycles. The number of rotatable bonds is 4. The Kier molecular flexibility index (Phi) is 5.28. The van der Waals surface area contributed by atoms with E-state index >= 15 is 0 Å². The number of aromatic nitrogens is 1. The second-order valence-electron chi connectivity index (χ2n) is 4.67. The molecule has 2 aromatic rings. The Bertz CT molecular complexity index is 841. The predicted molar refractivity (Wildman–Crippen MR) is 93.3 cm³/mol. The number of nitrogens with one attached hydrogen (secondary N) is 1. The summed E-state index contributed by atoms with van der Waals surface area (Å²) in [6.07, 6.45) is 1.17. The molecule has 2 rings (SSSR count). The molecule has 0 radical (unpaired) electrons. The van der Waals surface area contributed by atoms with Gasteiger partial charge in [-0.25, -0.2) is 13.4 Å². The molecule has 0 aliphatic rings. The van der Waals surface area contributed by atoms with Crippen molar-refractivity contribution in [2.75, 3.05) is 16.7 Å². The number of anilines is 2. The van der Waals surface area contributed by atoms with E-state index in [4.69, 9.17) is 11.6 Å². The van der Waals surface area contributed by atoms with Gasteiger partial charge in [0.2, 0.25) is 5.91 Å². The van der Waals surface area contributed by atoms with E-state index in [1.165, 1.54) is 24.1 Å². The zero-order valence-corrected chi connectivity index (χ0v) is 15.4. The summed E-state index contributed by atoms with van der Waals surface area (Å²) in [5, 5.41) is 0.181. The number of nitrogens with zero attached hydrogens (tertiary/aromatic N) is 2. The number of halogens is 2. The quantitative estimate of drug-likeness (QED) is 0.773. The summed E-state index contributed by atoms with van der Waals surface area (Å²) in [6.45, 7) is 1.45. The number of hydrogen-bond acceptors (Lipinski definition) is 4. The van der Waals surface area contributed by atoms with Gasteiger partial charge in [0.15, 0.2) is 0 Å². The third-order valence-corrected chi connectivity index (χ3v) is 5.54. The third-order valence-electron chi connectivity index (χ3n) is 3.06. The predicted octanol–water partition coefficient (Wildman–Crippen LogP) is 3.28. The molecule has 0 bridgehead atoms. The number of carbonyl (C=O) groups excluding carboxylic acids is 1. The average molecular weight is 419 g/mol. The fourth-order valence-electron chi connectivity index (χ4n) is 1.70. The molecule has 0 spiro atoms. The van der Waals surface area contributed by atoms with E-state index in [-0.39, 0.29) is 16.0 Å². The first-order chi connectivity index (χ1) is 10.7. The van der Waals surface area contributed by atoms with E-state index in [2.05, 4.69) is 25.6 Å². The zero-order valence-electron chi connectivity index (χ0n) is 12.2. The molecule has 0 unspecified atom stereocenters. The average Bonchev–Trinajstić information content (AvgIpc) is 2.49. The van der Waals surface area contributed by atoms with Gasteiger partial charge in [-0.3, -0.25) is 9.52 Å². The van der Waals surface area contributed by atoms with Gasteiger partial charge in [-0.15, -0.1) is 0 Å². The van der Waals surface area contributed by atoms with Gasteiger partial charge in [0.1, 0.15) is 10.0 Å². The summed E-state index contributed by atoms with van der Waals surface area (Å²) < 4.78 is 27.5. The SMILES string of the molecule is CC(=O)N(C)c1ccc(NS(=O)(=O)c2cnc(Cl)c(Br)c2)cc1. The Hall–Kier alpha value is -1.64. The number of carbonyl (C=O) groups is 1. The van der Waals surface area contributed by atoms with Crippen molar-refractivity contribution in [3.8, 4) is 0 Å². The molecule has 0 atom stereocenters. The van der Waals surface area contributed by atoms with Crippen molar-refractivity contribution in [2.45, 2.75) is 11.8 Å². The van der Waals surface area contributed by atoms with Gasteiger partial charge in [0.05, 0.1) is 4.47 Å². The van der Waals surface area contributed by atoms with Crippen LogP contribution in [-0.2, 0) is 14.8 Å². The first-order valence-corrected chi connectivity index (χ1v) is 9.04. The Morgan fingerprint density at radius 3 is 2.43 bits per heavy atom. The van der Waals surface area contributed by atoms with E-state index < -0.39 is 10.0 Å². The van der Waals surface area contributed by atoms with E-state index in [1.807, 2.05) is 0 Å². The molecule has 1 aromatic carbocycles. The summed E-state index contributed by atoms with van der Waals surface area (Å²) in [7, 11) is -2.15. The molecule has 0 aliphatic carbocycles. The first kappa shape index (κ1) is 17.7. The van der Waals surface area contributed by atoms with Crippen LogP contribution in [0.3, 0.4) is 0 Å². The maximum absolute atomic E-state index is 12.3. The number of amides is 1. The lowest BCUT2D eigenvalue weighted by molar-refractivity contribution is -0.116. The van der Waals surface area contributed by atoms with Crippen LogP contribution < -0.4 is 9.62 Å². The standard InChI is InChI=1S/C14H13BrClN3O3S/c1-9(20)19(2)11-5-3-10(4-6-11)18-23(21,22)12-7-13(15)14(16)17-8-12/h3-8,18H,1-2H3. The van der Waals surface area contributed by atoms with Crippen molar-refractivity contribution in [2.24, 2.45) is 0 Å². The molecule has 1 amide bonds. The van der Waals surface area contributed by atoms with E-state index in [1.54, 1.807) is 31.3 Å². The summed E-state index contributed by atoms with van der Waals surface area (Å²) in [5.74, 6) is -0.115. The fourth-order valence-corrected chi connectivity index (χ4v) is 3.33. The molecule has 1 heterocycles. The second kappa shape index (κ2) is 6.86. The molecule has 9 heteroatoms. The van der Waals surface area contributed by atoms with E-state index in [0.717, 1.165) is 0 Å². The van der Waals surface area contributed by atoms with Crippen molar-refractivity contribution in [3.63, 3.8) is 0 Å². The highest BCUT2D eigenvalue weighted by Gasteiger charge is 2.16. The van der Waals surface area contributed by atoms with Crippen LogP contribution in [0.15, 0.2) is 45.9 Å². The van der Waals surface area contributed by atoms with Gasteiger partial charge in [-0.2, -0.15) is 0 Å². The van der Waals surface area contributed by atoms with Crippen LogP contribution in [0.4, 0.5) is 11.4 Å². The molecular formula is C14H13BrClN3O3S. The normalized spacial score (nSPS) is 11.1. The summed E-state index contributed by atoms with van der Waals surface area (Å²) in [6, 6.07) is 7.82. The molecule has 0 fully saturated rings. The van der Waals surface area contributed by atoms with Crippen molar-refractivity contribution < 1.29 is 13.2 Å². The monoisotopic (exact) mass is 417 g/mol. The largest absolute Gasteiger partial charge is 0.316 e. The van der Waals surface area contributed by atoms with Gasteiger partial charge < -0.3 is 4.90 Å². The zero-order chi connectivity index (χ0) is 17.2. The van der Waals surface area contributed by atoms with Crippen LogP contribution >= 0.6 is 27.5 Å². The number of pyridine rings is 1. The van der Waals surface area contributed by atoms with Crippen LogP contribution in [0.25, 0.3) is 0 Å². The lowest BCUT2D eigenvalue weighted by Gasteiger charge is -2.15. The number of hydrogen-bond donors (Lipinski definition) is 1. The number of sulfonamides is 1. The third kappa shape index (κ3) is 4.21. The van der Waals surface area contributed by atoms with Crippen LogP contribution in [0.2, 0.25) is 5.15 Å². The maximum atomic E-state index is 12.3. The van der Waals surface area contributed by atoms with Crippen LogP contribution in [0.5, 0.6) is 0 Å². The van der Waals surface area contributed by atoms with Gasteiger partial charge in [-0.05, 0) is 46.3 Å². The van der Waals surface area contributed by atoms with Gasteiger partial charge in [0.25, 0.3) is 10.0 Å². The Morgan fingerprint density at radius 1 is 1.30 bits per heavy atom. The summed E-state index contributed by atoms with van der Waals surface area (Å²) >= 11 is 8.90. The van der Waals surface area contributed by atoms with Gasteiger partial charge >= 0.3 is 0 Å². The minimum atomic E-state index is -3.78.